The van der Waals surface area contributed by atoms with E-state index in [2.05, 4.69) is 13.8 Å². The van der Waals surface area contributed by atoms with Gasteiger partial charge in [0.2, 0.25) is 5.43 Å². The SMILES string of the molecule is CC[C@H](C)c1ccc(O)c(=O)cc1. The van der Waals surface area contributed by atoms with Crippen LogP contribution in [0.15, 0.2) is 29.1 Å². The first-order valence-corrected chi connectivity index (χ1v) is 4.48. The molecule has 0 bridgehead atoms. The van der Waals surface area contributed by atoms with Gasteiger partial charge in [0.05, 0.1) is 0 Å². The maximum atomic E-state index is 11.0. The number of hydrogen-bond acceptors (Lipinski definition) is 2. The van der Waals surface area contributed by atoms with E-state index in [0.717, 1.165) is 12.0 Å². The zero-order valence-electron chi connectivity index (χ0n) is 7.95. The second kappa shape index (κ2) is 4.08. The lowest BCUT2D eigenvalue weighted by atomic mass is 10.0. The van der Waals surface area contributed by atoms with Crippen LogP contribution in [0.25, 0.3) is 0 Å². The summed E-state index contributed by atoms with van der Waals surface area (Å²) in [7, 11) is 0. The van der Waals surface area contributed by atoms with E-state index in [4.69, 9.17) is 5.11 Å². The Morgan fingerprint density at radius 1 is 1.31 bits per heavy atom. The van der Waals surface area contributed by atoms with Gasteiger partial charge in [0, 0.05) is 0 Å². The third-order valence-corrected chi connectivity index (χ3v) is 2.29. The molecule has 0 unspecified atom stereocenters. The molecule has 0 aliphatic heterocycles. The van der Waals surface area contributed by atoms with Crippen LogP contribution in [0.3, 0.4) is 0 Å². The van der Waals surface area contributed by atoms with Gasteiger partial charge in [0.25, 0.3) is 0 Å². The second-order valence-electron chi connectivity index (χ2n) is 3.23. The van der Waals surface area contributed by atoms with Gasteiger partial charge >= 0.3 is 0 Å². The van der Waals surface area contributed by atoms with Crippen molar-refractivity contribution < 1.29 is 5.11 Å². The molecule has 0 saturated carbocycles. The van der Waals surface area contributed by atoms with Crippen LogP contribution in [0.1, 0.15) is 31.7 Å². The van der Waals surface area contributed by atoms with E-state index >= 15 is 0 Å². The predicted molar refractivity (Wildman–Crippen MR) is 53.1 cm³/mol. The van der Waals surface area contributed by atoms with E-state index in [9.17, 15) is 4.79 Å². The molecule has 0 aliphatic rings. The molecule has 1 rings (SSSR count). The van der Waals surface area contributed by atoms with Gasteiger partial charge in [-0.25, -0.2) is 0 Å². The first-order valence-electron chi connectivity index (χ1n) is 4.48. The molecule has 0 spiro atoms. The van der Waals surface area contributed by atoms with Crippen LogP contribution in [-0.2, 0) is 0 Å². The number of aromatic hydroxyl groups is 1. The van der Waals surface area contributed by atoms with Crippen molar-refractivity contribution in [2.75, 3.05) is 0 Å². The van der Waals surface area contributed by atoms with E-state index in [1.165, 1.54) is 12.1 Å². The van der Waals surface area contributed by atoms with E-state index in [1.54, 1.807) is 12.1 Å². The zero-order valence-corrected chi connectivity index (χ0v) is 7.95. The summed E-state index contributed by atoms with van der Waals surface area (Å²) in [6, 6.07) is 6.45. The van der Waals surface area contributed by atoms with Crippen LogP contribution in [0.2, 0.25) is 0 Å². The molecule has 1 N–H and O–H groups in total. The van der Waals surface area contributed by atoms with Crippen molar-refractivity contribution in [3.63, 3.8) is 0 Å². The molecule has 0 heterocycles. The van der Waals surface area contributed by atoms with Crippen molar-refractivity contribution in [3.8, 4) is 5.75 Å². The molecule has 1 aromatic rings. The third-order valence-electron chi connectivity index (χ3n) is 2.29. The normalized spacial score (nSPS) is 12.5. The fraction of sp³-hybridized carbons (Fsp3) is 0.364. The summed E-state index contributed by atoms with van der Waals surface area (Å²) in [6.07, 6.45) is 1.03. The molecule has 1 aromatic carbocycles. The standard InChI is InChI=1S/C11H14O2/c1-3-8(2)9-4-6-10(12)11(13)7-5-9/h4-8H,3H2,1-2H3,(H,12,13)/t8-/m0/s1. The molecular weight excluding hydrogens is 164 g/mol. The van der Waals surface area contributed by atoms with Gasteiger partial charge < -0.3 is 5.11 Å². The summed E-state index contributed by atoms with van der Waals surface area (Å²) >= 11 is 0. The Balaban J connectivity index is 3.16. The Hall–Kier alpha value is -1.31. The lowest BCUT2D eigenvalue weighted by molar-refractivity contribution is 0.471. The average Bonchev–Trinajstić information content (AvgIpc) is 2.30. The van der Waals surface area contributed by atoms with Crippen LogP contribution in [0, 0.1) is 0 Å². The highest BCUT2D eigenvalue weighted by Gasteiger charge is 2.01. The summed E-state index contributed by atoms with van der Waals surface area (Å²) < 4.78 is 0. The fourth-order valence-corrected chi connectivity index (χ4v) is 1.13. The highest BCUT2D eigenvalue weighted by atomic mass is 16.3. The average molecular weight is 178 g/mol. The van der Waals surface area contributed by atoms with Crippen LogP contribution in [-0.4, -0.2) is 5.11 Å². The Morgan fingerprint density at radius 2 is 1.92 bits per heavy atom. The van der Waals surface area contributed by atoms with Crippen LogP contribution in [0.5, 0.6) is 5.75 Å². The molecule has 2 nitrogen and oxygen atoms in total. The second-order valence-corrected chi connectivity index (χ2v) is 3.23. The van der Waals surface area contributed by atoms with E-state index < -0.39 is 0 Å². The van der Waals surface area contributed by atoms with Crippen LogP contribution < -0.4 is 5.43 Å². The monoisotopic (exact) mass is 178 g/mol. The molecule has 2 heteroatoms. The van der Waals surface area contributed by atoms with Gasteiger partial charge in [-0.3, -0.25) is 4.79 Å². The molecule has 13 heavy (non-hydrogen) atoms. The quantitative estimate of drug-likeness (QED) is 0.754. The minimum atomic E-state index is -0.324. The van der Waals surface area contributed by atoms with Gasteiger partial charge in [-0.05, 0) is 30.0 Å². The molecule has 0 saturated heterocycles. The molecule has 0 fully saturated rings. The highest BCUT2D eigenvalue weighted by Crippen LogP contribution is 2.17. The fourth-order valence-electron chi connectivity index (χ4n) is 1.13. The summed E-state index contributed by atoms with van der Waals surface area (Å²) in [5.74, 6) is 0.237. The van der Waals surface area contributed by atoms with Crippen molar-refractivity contribution in [2.24, 2.45) is 0 Å². The Morgan fingerprint density at radius 3 is 2.54 bits per heavy atom. The molecule has 0 amide bonds. The molecule has 1 atom stereocenters. The maximum absolute atomic E-state index is 11.0. The summed E-state index contributed by atoms with van der Waals surface area (Å²) in [5.41, 5.74) is 0.759. The van der Waals surface area contributed by atoms with Gasteiger partial charge in [-0.15, -0.1) is 0 Å². The van der Waals surface area contributed by atoms with E-state index in [-0.39, 0.29) is 11.2 Å². The van der Waals surface area contributed by atoms with Crippen LogP contribution >= 0.6 is 0 Å². The summed E-state index contributed by atoms with van der Waals surface area (Å²) in [6.45, 7) is 4.19. The molecular formula is C11H14O2. The molecule has 0 aromatic heterocycles. The minimum Gasteiger partial charge on any atom is -0.504 e. The third kappa shape index (κ3) is 2.31. The Kier molecular flexibility index (Phi) is 3.07. The molecule has 70 valence electrons. The summed E-state index contributed by atoms with van der Waals surface area (Å²) in [4.78, 5) is 11.0. The lowest BCUT2D eigenvalue weighted by Crippen LogP contribution is -1.92. The van der Waals surface area contributed by atoms with E-state index in [1.807, 2.05) is 0 Å². The van der Waals surface area contributed by atoms with Gasteiger partial charge in [-0.2, -0.15) is 0 Å². The lowest BCUT2D eigenvalue weighted by Gasteiger charge is -2.04. The van der Waals surface area contributed by atoms with Crippen molar-refractivity contribution in [3.05, 3.63) is 40.1 Å². The van der Waals surface area contributed by atoms with Crippen molar-refractivity contribution in [1.82, 2.24) is 0 Å². The predicted octanol–water partition coefficient (Wildman–Crippen LogP) is 2.27. The molecule has 0 radical (unpaired) electrons. The highest BCUT2D eigenvalue weighted by molar-refractivity contribution is 5.25. The van der Waals surface area contributed by atoms with Crippen molar-refractivity contribution >= 4 is 0 Å². The smallest absolute Gasteiger partial charge is 0.220 e. The largest absolute Gasteiger partial charge is 0.504 e. The summed E-state index contributed by atoms with van der Waals surface area (Å²) in [5, 5.41) is 9.15. The van der Waals surface area contributed by atoms with Crippen molar-refractivity contribution in [2.45, 2.75) is 26.2 Å². The van der Waals surface area contributed by atoms with Gasteiger partial charge in [-0.1, -0.05) is 26.0 Å². The minimum absolute atomic E-state index is 0.186. The topological polar surface area (TPSA) is 37.3 Å². The first-order chi connectivity index (χ1) is 6.15. The maximum Gasteiger partial charge on any atom is 0.220 e. The van der Waals surface area contributed by atoms with E-state index in [0.29, 0.717) is 5.92 Å². The number of hydrogen-bond donors (Lipinski definition) is 1. The zero-order chi connectivity index (χ0) is 9.84. The number of rotatable bonds is 2. The Labute approximate surface area is 77.9 Å². The Bertz CT molecular complexity index is 344. The van der Waals surface area contributed by atoms with Gasteiger partial charge in [0.1, 0.15) is 0 Å². The van der Waals surface area contributed by atoms with Crippen LogP contribution in [0.4, 0.5) is 0 Å². The molecule has 0 aliphatic carbocycles. The van der Waals surface area contributed by atoms with Gasteiger partial charge in [0.15, 0.2) is 5.75 Å². The first kappa shape index (κ1) is 9.78. The van der Waals surface area contributed by atoms with Crippen molar-refractivity contribution in [1.29, 1.82) is 0 Å².